The Bertz CT molecular complexity index is 404. The molecule has 0 saturated carbocycles. The predicted octanol–water partition coefficient (Wildman–Crippen LogP) is 3.23. The van der Waals surface area contributed by atoms with Crippen LogP contribution in [0, 0.1) is 0 Å². The molecule has 0 saturated heterocycles. The van der Waals surface area contributed by atoms with Gasteiger partial charge in [-0.1, -0.05) is 6.42 Å². The average molecular weight is 298 g/mol. The van der Waals surface area contributed by atoms with Crippen molar-refractivity contribution in [2.24, 2.45) is 5.73 Å². The van der Waals surface area contributed by atoms with Crippen LogP contribution in [0.15, 0.2) is 10.5 Å². The summed E-state index contributed by atoms with van der Waals surface area (Å²) in [6.45, 7) is 0.680. The van der Waals surface area contributed by atoms with Gasteiger partial charge in [0.25, 0.3) is 0 Å². The minimum absolute atomic E-state index is 0.680. The van der Waals surface area contributed by atoms with Crippen molar-refractivity contribution < 1.29 is 4.74 Å². The van der Waals surface area contributed by atoms with E-state index in [1.807, 2.05) is 0 Å². The van der Waals surface area contributed by atoms with Gasteiger partial charge in [-0.05, 0) is 71.8 Å². The maximum atomic E-state index is 5.74. The van der Waals surface area contributed by atoms with Crippen molar-refractivity contribution in [2.45, 2.75) is 38.5 Å². The van der Waals surface area contributed by atoms with Gasteiger partial charge in [-0.15, -0.1) is 0 Å². The lowest BCUT2D eigenvalue weighted by Crippen LogP contribution is -2.09. The SMILES string of the molecule is COc1c(Br)cc2c(c1CCN)CCCCC2. The normalized spacial score (nSPS) is 15.2. The molecule has 0 bridgehead atoms. The summed E-state index contributed by atoms with van der Waals surface area (Å²) in [5, 5.41) is 0. The van der Waals surface area contributed by atoms with Gasteiger partial charge in [0.15, 0.2) is 0 Å². The van der Waals surface area contributed by atoms with E-state index in [-0.39, 0.29) is 0 Å². The summed E-state index contributed by atoms with van der Waals surface area (Å²) < 4.78 is 6.61. The summed E-state index contributed by atoms with van der Waals surface area (Å²) in [5.41, 5.74) is 10.0. The molecule has 0 aliphatic heterocycles. The Morgan fingerprint density at radius 1 is 1.29 bits per heavy atom. The first kappa shape index (κ1) is 12.9. The highest BCUT2D eigenvalue weighted by molar-refractivity contribution is 9.10. The fourth-order valence-electron chi connectivity index (χ4n) is 2.74. The lowest BCUT2D eigenvalue weighted by Gasteiger charge is -2.18. The van der Waals surface area contributed by atoms with E-state index in [1.54, 1.807) is 7.11 Å². The predicted molar refractivity (Wildman–Crippen MR) is 74.7 cm³/mol. The number of ether oxygens (including phenoxy) is 1. The second kappa shape index (κ2) is 5.87. The van der Waals surface area contributed by atoms with Crippen molar-refractivity contribution in [3.63, 3.8) is 0 Å². The summed E-state index contributed by atoms with van der Waals surface area (Å²) in [6, 6.07) is 2.24. The molecule has 1 aromatic rings. The van der Waals surface area contributed by atoms with Crippen molar-refractivity contribution in [3.8, 4) is 5.75 Å². The Labute approximate surface area is 112 Å². The van der Waals surface area contributed by atoms with Gasteiger partial charge in [0.2, 0.25) is 0 Å². The Morgan fingerprint density at radius 3 is 2.76 bits per heavy atom. The van der Waals surface area contributed by atoms with E-state index in [4.69, 9.17) is 10.5 Å². The molecule has 17 heavy (non-hydrogen) atoms. The molecule has 0 spiro atoms. The summed E-state index contributed by atoms with van der Waals surface area (Å²) in [7, 11) is 1.74. The third kappa shape index (κ3) is 2.66. The number of hydrogen-bond donors (Lipinski definition) is 1. The topological polar surface area (TPSA) is 35.2 Å². The molecule has 0 aromatic heterocycles. The van der Waals surface area contributed by atoms with Gasteiger partial charge in [-0.2, -0.15) is 0 Å². The lowest BCUT2D eigenvalue weighted by molar-refractivity contribution is 0.406. The van der Waals surface area contributed by atoms with Crippen LogP contribution < -0.4 is 10.5 Å². The fraction of sp³-hybridized carbons (Fsp3) is 0.571. The van der Waals surface area contributed by atoms with Crippen LogP contribution in [0.5, 0.6) is 5.75 Å². The maximum Gasteiger partial charge on any atom is 0.136 e. The smallest absolute Gasteiger partial charge is 0.136 e. The number of methoxy groups -OCH3 is 1. The third-order valence-corrected chi connectivity index (χ3v) is 4.10. The molecule has 0 amide bonds. The van der Waals surface area contributed by atoms with Gasteiger partial charge in [0, 0.05) is 5.56 Å². The van der Waals surface area contributed by atoms with Crippen LogP contribution in [0.1, 0.15) is 36.0 Å². The van der Waals surface area contributed by atoms with Crippen molar-refractivity contribution in [1.29, 1.82) is 0 Å². The van der Waals surface area contributed by atoms with Crippen LogP contribution in [0.3, 0.4) is 0 Å². The van der Waals surface area contributed by atoms with Crippen molar-refractivity contribution in [1.82, 2.24) is 0 Å². The van der Waals surface area contributed by atoms with Crippen molar-refractivity contribution in [2.75, 3.05) is 13.7 Å². The van der Waals surface area contributed by atoms with Gasteiger partial charge in [0.05, 0.1) is 11.6 Å². The Kier molecular flexibility index (Phi) is 4.46. The zero-order valence-corrected chi connectivity index (χ0v) is 12.0. The Hall–Kier alpha value is -0.540. The van der Waals surface area contributed by atoms with Crippen LogP contribution in [0.25, 0.3) is 0 Å². The molecular weight excluding hydrogens is 278 g/mol. The number of hydrogen-bond acceptors (Lipinski definition) is 2. The molecule has 2 N–H and O–H groups in total. The summed E-state index contributed by atoms with van der Waals surface area (Å²) in [6.07, 6.45) is 7.19. The second-order valence-electron chi connectivity index (χ2n) is 4.61. The van der Waals surface area contributed by atoms with Crippen LogP contribution in [0.4, 0.5) is 0 Å². The van der Waals surface area contributed by atoms with E-state index in [0.717, 1.165) is 16.6 Å². The van der Waals surface area contributed by atoms with Gasteiger partial charge in [-0.25, -0.2) is 0 Å². The third-order valence-electron chi connectivity index (χ3n) is 3.52. The zero-order chi connectivity index (χ0) is 12.3. The molecule has 0 heterocycles. The van der Waals surface area contributed by atoms with Gasteiger partial charge in [0.1, 0.15) is 5.75 Å². The van der Waals surface area contributed by atoms with E-state index < -0.39 is 0 Å². The molecule has 0 atom stereocenters. The number of rotatable bonds is 3. The first-order chi connectivity index (χ1) is 8.27. The minimum atomic E-state index is 0.680. The fourth-order valence-corrected chi connectivity index (χ4v) is 3.42. The van der Waals surface area contributed by atoms with E-state index in [2.05, 4.69) is 22.0 Å². The Balaban J connectivity index is 2.53. The molecular formula is C14H20BrNO. The second-order valence-corrected chi connectivity index (χ2v) is 5.46. The van der Waals surface area contributed by atoms with Crippen LogP contribution in [-0.2, 0) is 19.3 Å². The van der Waals surface area contributed by atoms with E-state index in [0.29, 0.717) is 6.54 Å². The quantitative estimate of drug-likeness (QED) is 0.870. The van der Waals surface area contributed by atoms with Gasteiger partial charge < -0.3 is 10.5 Å². The number of aryl methyl sites for hydroxylation is 1. The highest BCUT2D eigenvalue weighted by Gasteiger charge is 2.18. The molecule has 94 valence electrons. The van der Waals surface area contributed by atoms with Crippen LogP contribution in [-0.4, -0.2) is 13.7 Å². The summed E-state index contributed by atoms with van der Waals surface area (Å²) in [4.78, 5) is 0. The van der Waals surface area contributed by atoms with Crippen LogP contribution >= 0.6 is 15.9 Å². The van der Waals surface area contributed by atoms with E-state index >= 15 is 0 Å². The summed E-state index contributed by atoms with van der Waals surface area (Å²) in [5.74, 6) is 0.983. The van der Waals surface area contributed by atoms with E-state index in [1.165, 1.54) is 48.8 Å². The van der Waals surface area contributed by atoms with Crippen molar-refractivity contribution >= 4 is 15.9 Å². The van der Waals surface area contributed by atoms with E-state index in [9.17, 15) is 0 Å². The average Bonchev–Trinajstić information content (AvgIpc) is 2.54. The number of benzene rings is 1. The lowest BCUT2D eigenvalue weighted by atomic mass is 9.94. The molecule has 1 aliphatic carbocycles. The number of nitrogens with two attached hydrogens (primary N) is 1. The molecule has 1 aromatic carbocycles. The molecule has 0 fully saturated rings. The monoisotopic (exact) mass is 297 g/mol. The largest absolute Gasteiger partial charge is 0.495 e. The zero-order valence-electron chi connectivity index (χ0n) is 10.4. The molecule has 2 nitrogen and oxygen atoms in total. The highest BCUT2D eigenvalue weighted by atomic mass is 79.9. The van der Waals surface area contributed by atoms with Gasteiger partial charge in [-0.3, -0.25) is 0 Å². The molecule has 3 heteroatoms. The summed E-state index contributed by atoms with van der Waals surface area (Å²) >= 11 is 3.62. The standard InChI is InChI=1S/C14H20BrNO/c1-17-14-12(7-8-16)11-6-4-2-3-5-10(11)9-13(14)15/h9H,2-8,16H2,1H3. The van der Waals surface area contributed by atoms with Crippen molar-refractivity contribution in [3.05, 3.63) is 27.2 Å². The molecule has 1 aliphatic rings. The first-order valence-electron chi connectivity index (χ1n) is 6.35. The Morgan fingerprint density at radius 2 is 2.06 bits per heavy atom. The minimum Gasteiger partial charge on any atom is -0.495 e. The molecule has 0 unspecified atom stereocenters. The van der Waals surface area contributed by atoms with Gasteiger partial charge >= 0.3 is 0 Å². The highest BCUT2D eigenvalue weighted by Crippen LogP contribution is 2.37. The van der Waals surface area contributed by atoms with Crippen LogP contribution in [0.2, 0.25) is 0 Å². The molecule has 2 rings (SSSR count). The number of fused-ring (bicyclic) bond motifs is 1. The number of halogens is 1. The molecule has 0 radical (unpaired) electrons. The first-order valence-corrected chi connectivity index (χ1v) is 7.14. The maximum absolute atomic E-state index is 5.74.